The van der Waals surface area contributed by atoms with Crippen LogP contribution in [-0.2, 0) is 22.4 Å². The molecule has 3 aromatic rings. The Morgan fingerprint density at radius 2 is 1.84 bits per heavy atom. The van der Waals surface area contributed by atoms with Gasteiger partial charge in [0.15, 0.2) is 0 Å². The molecule has 0 bridgehead atoms. The third-order valence-electron chi connectivity index (χ3n) is 8.17. The Hall–Kier alpha value is -4.41. The van der Waals surface area contributed by atoms with Gasteiger partial charge in [-0.25, -0.2) is 24.5 Å². The number of aromatic nitrogens is 3. The van der Waals surface area contributed by atoms with Gasteiger partial charge in [-0.2, -0.15) is 0 Å². The van der Waals surface area contributed by atoms with Crippen LogP contribution >= 0.6 is 0 Å². The fourth-order valence-corrected chi connectivity index (χ4v) is 5.65. The summed E-state index contributed by atoms with van der Waals surface area (Å²) in [5.41, 5.74) is 5.48. The number of anilines is 3. The molecule has 1 aromatic carbocycles. The van der Waals surface area contributed by atoms with E-state index in [-0.39, 0.29) is 13.2 Å². The number of nitrogens with zero attached hydrogens (tertiary/aromatic N) is 4. The second-order valence-electron chi connectivity index (χ2n) is 11.4. The van der Waals surface area contributed by atoms with Gasteiger partial charge in [0.1, 0.15) is 29.3 Å². The number of carbonyl (C=O) groups excluding carboxylic acids is 1. The fraction of sp³-hybridized carbons (Fsp3) is 0.469. The fourth-order valence-electron chi connectivity index (χ4n) is 5.65. The van der Waals surface area contributed by atoms with E-state index in [1.807, 2.05) is 45.0 Å². The first kappa shape index (κ1) is 30.1. The van der Waals surface area contributed by atoms with Crippen LogP contribution in [0.2, 0.25) is 0 Å². The molecule has 1 unspecified atom stereocenters. The third-order valence-corrected chi connectivity index (χ3v) is 8.17. The predicted octanol–water partition coefficient (Wildman–Crippen LogP) is 4.37. The Bertz CT molecular complexity index is 1440. The standard InChI is InChI=1S/C32H41N7O4/c1-20-6-8-23(9-7-20)14-18-43-32(42)38-27(31(40)41)19-34-28-21(2)30(36-22(3)35-28)39-16-12-24(13-17-39)26-11-10-25-5-4-15-33-29(25)37-26/h6-11,24,27H,4-5,12-19H2,1-3H3,(H,33,37)(H,38,42)(H,40,41)(H,34,35,36). The summed E-state index contributed by atoms with van der Waals surface area (Å²) < 4.78 is 5.24. The van der Waals surface area contributed by atoms with Crippen LogP contribution in [-0.4, -0.2) is 70.9 Å². The number of piperidine rings is 1. The van der Waals surface area contributed by atoms with E-state index in [1.54, 1.807) is 0 Å². The van der Waals surface area contributed by atoms with Crippen molar-refractivity contribution in [2.24, 2.45) is 0 Å². The minimum atomic E-state index is -1.20. The zero-order valence-corrected chi connectivity index (χ0v) is 25.2. The molecule has 228 valence electrons. The van der Waals surface area contributed by atoms with Crippen LogP contribution in [0, 0.1) is 20.8 Å². The molecule has 11 nitrogen and oxygen atoms in total. The first-order chi connectivity index (χ1) is 20.8. The molecule has 2 aliphatic rings. The number of ether oxygens (including phenoxy) is 1. The summed E-state index contributed by atoms with van der Waals surface area (Å²) in [6.07, 6.45) is 3.94. The van der Waals surface area contributed by atoms with E-state index >= 15 is 0 Å². The van der Waals surface area contributed by atoms with Gasteiger partial charge in [0.05, 0.1) is 6.61 Å². The Kier molecular flexibility index (Phi) is 9.58. The monoisotopic (exact) mass is 587 g/mol. The number of hydrogen-bond acceptors (Lipinski definition) is 9. The predicted molar refractivity (Wildman–Crippen MR) is 166 cm³/mol. The van der Waals surface area contributed by atoms with E-state index in [2.05, 4.69) is 38.0 Å². The number of aryl methyl sites for hydroxylation is 3. The molecule has 0 radical (unpaired) electrons. The number of fused-ring (bicyclic) bond motifs is 1. The van der Waals surface area contributed by atoms with Crippen molar-refractivity contribution in [3.63, 3.8) is 0 Å². The maximum Gasteiger partial charge on any atom is 0.407 e. The maximum atomic E-state index is 12.3. The normalized spacial score (nSPS) is 15.7. The van der Waals surface area contributed by atoms with E-state index in [0.29, 0.717) is 24.0 Å². The van der Waals surface area contributed by atoms with E-state index in [9.17, 15) is 14.7 Å². The Labute approximate surface area is 252 Å². The average Bonchev–Trinajstić information content (AvgIpc) is 3.01. The van der Waals surface area contributed by atoms with Gasteiger partial charge in [0, 0.05) is 49.8 Å². The summed E-state index contributed by atoms with van der Waals surface area (Å²) in [4.78, 5) is 40.7. The lowest BCUT2D eigenvalue weighted by molar-refractivity contribution is -0.138. The van der Waals surface area contributed by atoms with Gasteiger partial charge in [-0.05, 0) is 63.6 Å². The Balaban J connectivity index is 1.15. The summed E-state index contributed by atoms with van der Waals surface area (Å²) in [5, 5.41) is 18.7. The number of carboxylic acid groups (broad SMARTS) is 1. The van der Waals surface area contributed by atoms with Gasteiger partial charge in [0.2, 0.25) is 0 Å². The lowest BCUT2D eigenvalue weighted by Crippen LogP contribution is -2.45. The number of alkyl carbamates (subject to hydrolysis) is 1. The number of pyridine rings is 1. The third kappa shape index (κ3) is 7.71. The quantitative estimate of drug-likeness (QED) is 0.270. The molecule has 0 aliphatic carbocycles. The number of benzene rings is 1. The highest BCUT2D eigenvalue weighted by atomic mass is 16.5. The number of hydrogen-bond donors (Lipinski definition) is 4. The first-order valence-corrected chi connectivity index (χ1v) is 15.1. The molecule has 0 spiro atoms. The van der Waals surface area contributed by atoms with Crippen LogP contribution in [0.15, 0.2) is 36.4 Å². The molecule has 1 fully saturated rings. The average molecular weight is 588 g/mol. The van der Waals surface area contributed by atoms with Gasteiger partial charge in [-0.1, -0.05) is 35.9 Å². The molecule has 1 saturated heterocycles. The van der Waals surface area contributed by atoms with Crippen molar-refractivity contribution in [2.45, 2.75) is 64.8 Å². The highest BCUT2D eigenvalue weighted by Crippen LogP contribution is 2.33. The minimum Gasteiger partial charge on any atom is -0.480 e. The second-order valence-corrected chi connectivity index (χ2v) is 11.4. The summed E-state index contributed by atoms with van der Waals surface area (Å²) >= 11 is 0. The molecule has 1 amide bonds. The lowest BCUT2D eigenvalue weighted by atomic mass is 9.92. The smallest absolute Gasteiger partial charge is 0.407 e. The SMILES string of the molecule is Cc1ccc(CCOC(=O)NC(CNc2nc(C)nc(N3CCC(c4ccc5c(n4)NCCC5)CC3)c2C)C(=O)O)cc1. The van der Waals surface area contributed by atoms with E-state index in [1.165, 1.54) is 5.56 Å². The van der Waals surface area contributed by atoms with E-state index in [4.69, 9.17) is 14.7 Å². The summed E-state index contributed by atoms with van der Waals surface area (Å²) in [6, 6.07) is 11.2. The molecule has 2 aliphatic heterocycles. The van der Waals surface area contributed by atoms with Gasteiger partial charge >= 0.3 is 12.1 Å². The molecule has 1 atom stereocenters. The molecule has 2 aromatic heterocycles. The molecule has 5 rings (SSSR count). The van der Waals surface area contributed by atoms with Crippen molar-refractivity contribution >= 4 is 29.5 Å². The highest BCUT2D eigenvalue weighted by Gasteiger charge is 2.26. The molecule has 4 heterocycles. The van der Waals surface area contributed by atoms with Crippen molar-refractivity contribution in [1.82, 2.24) is 20.3 Å². The minimum absolute atomic E-state index is 0.0563. The highest BCUT2D eigenvalue weighted by molar-refractivity contribution is 5.80. The number of carbonyl (C=O) groups is 2. The number of carboxylic acids is 1. The summed E-state index contributed by atoms with van der Waals surface area (Å²) in [6.45, 7) is 8.51. The Morgan fingerprint density at radius 1 is 1.07 bits per heavy atom. The zero-order chi connectivity index (χ0) is 30.3. The van der Waals surface area contributed by atoms with Crippen LogP contribution in [0.25, 0.3) is 0 Å². The van der Waals surface area contributed by atoms with Crippen LogP contribution in [0.5, 0.6) is 0 Å². The van der Waals surface area contributed by atoms with Crippen molar-refractivity contribution in [2.75, 3.05) is 48.3 Å². The molecule has 11 heteroatoms. The molecular formula is C32H41N7O4. The molecule has 4 N–H and O–H groups in total. The second kappa shape index (κ2) is 13.7. The lowest BCUT2D eigenvalue weighted by Gasteiger charge is -2.34. The van der Waals surface area contributed by atoms with Gasteiger partial charge in [0.25, 0.3) is 0 Å². The van der Waals surface area contributed by atoms with Crippen LogP contribution in [0.4, 0.5) is 22.2 Å². The van der Waals surface area contributed by atoms with Crippen molar-refractivity contribution in [1.29, 1.82) is 0 Å². The molecule has 43 heavy (non-hydrogen) atoms. The van der Waals surface area contributed by atoms with E-state index in [0.717, 1.165) is 79.3 Å². The number of nitrogens with one attached hydrogen (secondary N) is 3. The number of amides is 1. The van der Waals surface area contributed by atoms with Crippen molar-refractivity contribution < 1.29 is 19.4 Å². The maximum absolute atomic E-state index is 12.3. The summed E-state index contributed by atoms with van der Waals surface area (Å²) in [5.74, 6) is 2.23. The van der Waals surface area contributed by atoms with E-state index < -0.39 is 18.1 Å². The van der Waals surface area contributed by atoms with Crippen LogP contribution in [0.3, 0.4) is 0 Å². The Morgan fingerprint density at radius 3 is 2.58 bits per heavy atom. The van der Waals surface area contributed by atoms with Gasteiger partial charge in [-0.3, -0.25) is 0 Å². The topological polar surface area (TPSA) is 142 Å². The summed E-state index contributed by atoms with van der Waals surface area (Å²) in [7, 11) is 0. The van der Waals surface area contributed by atoms with Crippen LogP contribution < -0.4 is 20.9 Å². The molecular weight excluding hydrogens is 546 g/mol. The number of aliphatic carboxylic acids is 1. The molecule has 0 saturated carbocycles. The van der Waals surface area contributed by atoms with Crippen LogP contribution in [0.1, 0.15) is 59.0 Å². The van der Waals surface area contributed by atoms with Gasteiger partial charge in [-0.15, -0.1) is 0 Å². The van der Waals surface area contributed by atoms with Gasteiger partial charge < -0.3 is 30.7 Å². The first-order valence-electron chi connectivity index (χ1n) is 15.1. The zero-order valence-electron chi connectivity index (χ0n) is 25.2. The van der Waals surface area contributed by atoms with Crippen molar-refractivity contribution in [3.8, 4) is 0 Å². The van der Waals surface area contributed by atoms with Crippen molar-refractivity contribution in [3.05, 3.63) is 70.2 Å². The number of rotatable bonds is 10. The largest absolute Gasteiger partial charge is 0.480 e.